The van der Waals surface area contributed by atoms with E-state index < -0.39 is 11.7 Å². The third-order valence-electron chi connectivity index (χ3n) is 2.84. The Morgan fingerprint density at radius 1 is 1.39 bits per heavy atom. The molecule has 1 aliphatic rings. The van der Waals surface area contributed by atoms with Crippen molar-refractivity contribution in [2.75, 3.05) is 6.54 Å². The van der Waals surface area contributed by atoms with Crippen molar-refractivity contribution in [3.63, 3.8) is 0 Å². The second kappa shape index (κ2) is 5.89. The van der Waals surface area contributed by atoms with Crippen LogP contribution in [0.25, 0.3) is 0 Å². The van der Waals surface area contributed by atoms with Crippen LogP contribution in [-0.4, -0.2) is 30.2 Å². The summed E-state index contributed by atoms with van der Waals surface area (Å²) in [5.74, 6) is 0.114. The number of alkyl carbamates (subject to hydrolysis) is 1. The summed E-state index contributed by atoms with van der Waals surface area (Å²) in [6.07, 6.45) is 2.79. The van der Waals surface area contributed by atoms with Crippen molar-refractivity contribution in [1.82, 2.24) is 10.6 Å². The highest BCUT2D eigenvalue weighted by atomic mass is 16.6. The Balaban J connectivity index is 2.25. The highest BCUT2D eigenvalue weighted by Crippen LogP contribution is 2.26. The average molecular weight is 254 g/mol. The van der Waals surface area contributed by atoms with Crippen molar-refractivity contribution in [2.24, 2.45) is 5.92 Å². The van der Waals surface area contributed by atoms with Crippen LogP contribution in [0.1, 0.15) is 33.6 Å². The quantitative estimate of drug-likeness (QED) is 0.749. The molecule has 1 fully saturated rings. The molecule has 0 spiro atoms. The fraction of sp³-hybridized carbons (Fsp3) is 0.692. The van der Waals surface area contributed by atoms with E-state index in [0.29, 0.717) is 6.54 Å². The van der Waals surface area contributed by atoms with Gasteiger partial charge in [-0.25, -0.2) is 4.79 Å². The van der Waals surface area contributed by atoms with Gasteiger partial charge in [-0.05, 0) is 45.6 Å². The van der Waals surface area contributed by atoms with E-state index in [2.05, 4.69) is 17.2 Å². The Morgan fingerprint density at radius 3 is 2.50 bits per heavy atom. The molecule has 18 heavy (non-hydrogen) atoms. The SMILES string of the molecule is C=CC(=O)N[C@H]1CC[C@H]1CNC(=O)OC(C)(C)C. The van der Waals surface area contributed by atoms with Crippen LogP contribution < -0.4 is 10.6 Å². The lowest BCUT2D eigenvalue weighted by Crippen LogP contribution is -2.50. The molecule has 0 aromatic heterocycles. The van der Waals surface area contributed by atoms with E-state index >= 15 is 0 Å². The van der Waals surface area contributed by atoms with Crippen molar-refractivity contribution in [3.8, 4) is 0 Å². The minimum absolute atomic E-state index is 0.130. The lowest BCUT2D eigenvalue weighted by atomic mass is 9.79. The van der Waals surface area contributed by atoms with E-state index in [1.165, 1.54) is 6.08 Å². The molecule has 0 aromatic rings. The summed E-state index contributed by atoms with van der Waals surface area (Å²) in [6.45, 7) is 9.40. The fourth-order valence-corrected chi connectivity index (χ4v) is 1.77. The van der Waals surface area contributed by atoms with Crippen LogP contribution in [0.3, 0.4) is 0 Å². The molecule has 0 heterocycles. The molecule has 0 aliphatic heterocycles. The number of carbonyl (C=O) groups is 2. The van der Waals surface area contributed by atoms with Gasteiger partial charge in [-0.1, -0.05) is 6.58 Å². The first kappa shape index (κ1) is 14.5. The van der Waals surface area contributed by atoms with Crippen LogP contribution in [-0.2, 0) is 9.53 Å². The molecule has 1 aliphatic carbocycles. The number of rotatable bonds is 4. The first-order chi connectivity index (χ1) is 8.31. The van der Waals surface area contributed by atoms with Crippen LogP contribution in [0.2, 0.25) is 0 Å². The lowest BCUT2D eigenvalue weighted by molar-refractivity contribution is -0.118. The molecule has 1 rings (SSSR count). The van der Waals surface area contributed by atoms with Gasteiger partial charge in [0.05, 0.1) is 0 Å². The number of ether oxygens (including phenoxy) is 1. The van der Waals surface area contributed by atoms with E-state index in [1.54, 1.807) is 0 Å². The fourth-order valence-electron chi connectivity index (χ4n) is 1.77. The Hall–Kier alpha value is -1.52. The zero-order valence-corrected chi connectivity index (χ0v) is 11.3. The molecule has 0 saturated heterocycles. The van der Waals surface area contributed by atoms with Gasteiger partial charge in [0.25, 0.3) is 0 Å². The minimum Gasteiger partial charge on any atom is -0.444 e. The summed E-state index contributed by atoms with van der Waals surface area (Å²) in [5.41, 5.74) is -0.486. The molecule has 0 radical (unpaired) electrons. The number of hydrogen-bond donors (Lipinski definition) is 2. The van der Waals surface area contributed by atoms with Gasteiger partial charge in [-0.15, -0.1) is 0 Å². The monoisotopic (exact) mass is 254 g/mol. The summed E-state index contributed by atoms with van der Waals surface area (Å²) >= 11 is 0. The molecule has 1 saturated carbocycles. The molecular weight excluding hydrogens is 232 g/mol. The predicted octanol–water partition coefficient (Wildman–Crippen LogP) is 1.59. The van der Waals surface area contributed by atoms with E-state index in [9.17, 15) is 9.59 Å². The maximum Gasteiger partial charge on any atom is 0.407 e. The molecule has 0 unspecified atom stereocenters. The Bertz CT molecular complexity index is 334. The van der Waals surface area contributed by atoms with Gasteiger partial charge < -0.3 is 15.4 Å². The molecule has 2 atom stereocenters. The maximum absolute atomic E-state index is 11.5. The molecule has 0 aromatic carbocycles. The zero-order valence-electron chi connectivity index (χ0n) is 11.3. The van der Waals surface area contributed by atoms with Crippen molar-refractivity contribution in [2.45, 2.75) is 45.3 Å². The average Bonchev–Trinajstić information content (AvgIpc) is 2.21. The summed E-state index contributed by atoms with van der Waals surface area (Å²) in [5, 5.41) is 5.56. The van der Waals surface area contributed by atoms with Crippen LogP contribution in [0.15, 0.2) is 12.7 Å². The predicted molar refractivity (Wildman–Crippen MR) is 69.1 cm³/mol. The van der Waals surface area contributed by atoms with Crippen molar-refractivity contribution in [3.05, 3.63) is 12.7 Å². The molecule has 0 bridgehead atoms. The summed E-state index contributed by atoms with van der Waals surface area (Å²) < 4.78 is 5.14. The standard InChI is InChI=1S/C13H22N2O3/c1-5-11(16)15-10-7-6-9(10)8-14-12(17)18-13(2,3)4/h5,9-10H,1,6-8H2,2-4H3,(H,14,17)(H,15,16)/t9-,10-/m0/s1. The Kier molecular flexibility index (Phi) is 4.76. The second-order valence-corrected chi connectivity index (χ2v) is 5.54. The first-order valence-corrected chi connectivity index (χ1v) is 6.21. The maximum atomic E-state index is 11.5. The molecule has 2 amide bonds. The van der Waals surface area contributed by atoms with Gasteiger partial charge >= 0.3 is 6.09 Å². The first-order valence-electron chi connectivity index (χ1n) is 6.21. The van der Waals surface area contributed by atoms with Gasteiger partial charge in [0.15, 0.2) is 0 Å². The summed E-state index contributed by atoms with van der Waals surface area (Å²) in [7, 11) is 0. The topological polar surface area (TPSA) is 67.4 Å². The largest absolute Gasteiger partial charge is 0.444 e. The smallest absolute Gasteiger partial charge is 0.407 e. The van der Waals surface area contributed by atoms with Crippen LogP contribution in [0, 0.1) is 5.92 Å². The van der Waals surface area contributed by atoms with Gasteiger partial charge in [-0.3, -0.25) is 4.79 Å². The minimum atomic E-state index is -0.486. The summed E-state index contributed by atoms with van der Waals surface area (Å²) in [6, 6.07) is 0.130. The Labute approximate surface area is 108 Å². The number of hydrogen-bond acceptors (Lipinski definition) is 3. The number of amides is 2. The van der Waals surface area contributed by atoms with Gasteiger partial charge in [-0.2, -0.15) is 0 Å². The summed E-state index contributed by atoms with van der Waals surface area (Å²) in [4.78, 5) is 22.6. The van der Waals surface area contributed by atoms with Gasteiger partial charge in [0, 0.05) is 12.6 Å². The highest BCUT2D eigenvalue weighted by molar-refractivity contribution is 5.87. The van der Waals surface area contributed by atoms with Crippen LogP contribution >= 0.6 is 0 Å². The normalized spacial score (nSPS) is 22.6. The highest BCUT2D eigenvalue weighted by Gasteiger charge is 2.32. The van der Waals surface area contributed by atoms with Gasteiger partial charge in [0.1, 0.15) is 5.60 Å². The number of nitrogens with one attached hydrogen (secondary N) is 2. The van der Waals surface area contributed by atoms with Crippen molar-refractivity contribution in [1.29, 1.82) is 0 Å². The van der Waals surface area contributed by atoms with Crippen LogP contribution in [0.4, 0.5) is 4.79 Å². The third kappa shape index (κ3) is 4.77. The zero-order chi connectivity index (χ0) is 13.8. The second-order valence-electron chi connectivity index (χ2n) is 5.54. The molecule has 5 heteroatoms. The number of carbonyl (C=O) groups excluding carboxylic acids is 2. The van der Waals surface area contributed by atoms with E-state index in [4.69, 9.17) is 4.74 Å². The molecular formula is C13H22N2O3. The van der Waals surface area contributed by atoms with Crippen molar-refractivity contribution < 1.29 is 14.3 Å². The lowest BCUT2D eigenvalue weighted by Gasteiger charge is -2.37. The van der Waals surface area contributed by atoms with E-state index in [1.807, 2.05) is 20.8 Å². The third-order valence-corrected chi connectivity index (χ3v) is 2.84. The molecule has 2 N–H and O–H groups in total. The van der Waals surface area contributed by atoms with Crippen LogP contribution in [0.5, 0.6) is 0 Å². The Morgan fingerprint density at radius 2 is 2.06 bits per heavy atom. The van der Waals surface area contributed by atoms with E-state index in [0.717, 1.165) is 12.8 Å². The molecule has 102 valence electrons. The van der Waals surface area contributed by atoms with Gasteiger partial charge in [0.2, 0.25) is 5.91 Å². The molecule has 5 nitrogen and oxygen atoms in total. The van der Waals surface area contributed by atoms with E-state index in [-0.39, 0.29) is 17.9 Å². The van der Waals surface area contributed by atoms with Crippen molar-refractivity contribution >= 4 is 12.0 Å².